The van der Waals surface area contributed by atoms with Gasteiger partial charge >= 0.3 is 0 Å². The van der Waals surface area contributed by atoms with Crippen LogP contribution in [0.1, 0.15) is 9.62 Å². The maximum Gasteiger partial charge on any atom is 0.0765 e. The average molecular weight is 263 g/mol. The fourth-order valence-electron chi connectivity index (χ4n) is 0.793. The summed E-state index contributed by atoms with van der Waals surface area (Å²) >= 11 is 2.32. The Morgan fingerprint density at radius 3 is 3.00 bits per heavy atom. The molecule has 0 saturated heterocycles. The first-order chi connectivity index (χ1) is 5.34. The number of rotatable bonds is 3. The van der Waals surface area contributed by atoms with E-state index in [1.54, 1.807) is 13.3 Å². The highest BCUT2D eigenvalue weighted by atomic mass is 127. The van der Waals surface area contributed by atoms with E-state index in [2.05, 4.69) is 27.6 Å². The first-order valence-corrected chi connectivity index (χ1v) is 4.63. The molecule has 0 fully saturated rings. The molecule has 0 radical (unpaired) electrons. The van der Waals surface area contributed by atoms with Gasteiger partial charge < -0.3 is 4.74 Å². The van der Waals surface area contributed by atoms with Crippen molar-refractivity contribution in [1.82, 2.24) is 4.98 Å². The summed E-state index contributed by atoms with van der Waals surface area (Å²) in [5, 5.41) is 0. The number of halogens is 1. The van der Waals surface area contributed by atoms with E-state index < -0.39 is 0 Å². The fraction of sp³-hybridized carbons (Fsp3) is 0.375. The normalized spacial score (nSPS) is 12.9. The molecule has 1 aromatic heterocycles. The molecule has 11 heavy (non-hydrogen) atoms. The Labute approximate surface area is 80.1 Å². The van der Waals surface area contributed by atoms with E-state index in [9.17, 15) is 0 Å². The third kappa shape index (κ3) is 2.75. The number of nitrogens with zero attached hydrogens (tertiary/aromatic N) is 1. The van der Waals surface area contributed by atoms with Crippen LogP contribution < -0.4 is 0 Å². The number of ether oxygens (including phenoxy) is 1. The maximum absolute atomic E-state index is 5.01. The molecule has 0 spiro atoms. The molecule has 1 rings (SSSR count). The molecule has 0 amide bonds. The Hall–Kier alpha value is -0.160. The third-order valence-corrected chi connectivity index (χ3v) is 2.32. The number of pyridine rings is 1. The standard InChI is InChI=1S/C8H10INO/c1-11-6-7(9)8-4-2-3-5-10-8/h2-5,7H,6H2,1H3. The molecule has 0 saturated carbocycles. The second kappa shape index (κ2) is 4.66. The molecule has 0 aromatic carbocycles. The Balaban J connectivity index is 2.61. The van der Waals surface area contributed by atoms with Gasteiger partial charge in [0.15, 0.2) is 0 Å². The van der Waals surface area contributed by atoms with Crippen LogP contribution in [0.3, 0.4) is 0 Å². The van der Waals surface area contributed by atoms with Crippen molar-refractivity contribution in [3.63, 3.8) is 0 Å². The van der Waals surface area contributed by atoms with Gasteiger partial charge in [-0.3, -0.25) is 4.98 Å². The van der Waals surface area contributed by atoms with E-state index in [0.29, 0.717) is 3.92 Å². The van der Waals surface area contributed by atoms with Crippen molar-refractivity contribution in [2.24, 2.45) is 0 Å². The minimum Gasteiger partial charge on any atom is -0.383 e. The Morgan fingerprint density at radius 1 is 1.64 bits per heavy atom. The van der Waals surface area contributed by atoms with Gasteiger partial charge in [-0.25, -0.2) is 0 Å². The molecule has 3 heteroatoms. The van der Waals surface area contributed by atoms with Gasteiger partial charge in [-0.05, 0) is 12.1 Å². The number of methoxy groups -OCH3 is 1. The van der Waals surface area contributed by atoms with Crippen LogP contribution in [0.4, 0.5) is 0 Å². The molecule has 1 unspecified atom stereocenters. The van der Waals surface area contributed by atoms with Gasteiger partial charge in [-0.2, -0.15) is 0 Å². The van der Waals surface area contributed by atoms with Crippen molar-refractivity contribution in [2.75, 3.05) is 13.7 Å². The molecule has 0 bridgehead atoms. The predicted molar refractivity (Wildman–Crippen MR) is 52.9 cm³/mol. The van der Waals surface area contributed by atoms with Crippen LogP contribution in [0.15, 0.2) is 24.4 Å². The molecule has 1 atom stereocenters. The highest BCUT2D eigenvalue weighted by molar-refractivity contribution is 14.1. The van der Waals surface area contributed by atoms with Gasteiger partial charge in [0.05, 0.1) is 16.2 Å². The van der Waals surface area contributed by atoms with Crippen LogP contribution in [-0.2, 0) is 4.74 Å². The molecule has 2 nitrogen and oxygen atoms in total. The summed E-state index contributed by atoms with van der Waals surface area (Å²) in [4.78, 5) is 4.21. The molecule has 0 aliphatic heterocycles. The van der Waals surface area contributed by atoms with Gasteiger partial charge in [0.1, 0.15) is 0 Å². The molecule has 60 valence electrons. The van der Waals surface area contributed by atoms with Crippen LogP contribution in [-0.4, -0.2) is 18.7 Å². The Kier molecular flexibility index (Phi) is 3.79. The highest BCUT2D eigenvalue weighted by Crippen LogP contribution is 2.20. The third-order valence-electron chi connectivity index (χ3n) is 1.32. The fourth-order valence-corrected chi connectivity index (χ4v) is 1.52. The molecule has 0 aliphatic rings. The zero-order valence-corrected chi connectivity index (χ0v) is 8.48. The number of aromatic nitrogens is 1. The summed E-state index contributed by atoms with van der Waals surface area (Å²) in [5.41, 5.74) is 1.08. The SMILES string of the molecule is COCC(I)c1ccccn1. The zero-order valence-electron chi connectivity index (χ0n) is 6.33. The topological polar surface area (TPSA) is 22.1 Å². The second-order valence-corrected chi connectivity index (χ2v) is 3.68. The van der Waals surface area contributed by atoms with Gasteiger partial charge in [0.2, 0.25) is 0 Å². The highest BCUT2D eigenvalue weighted by Gasteiger charge is 2.05. The van der Waals surface area contributed by atoms with Crippen LogP contribution in [0, 0.1) is 0 Å². The molecular formula is C8H10INO. The summed E-state index contributed by atoms with van der Waals surface area (Å²) < 4.78 is 5.37. The van der Waals surface area contributed by atoms with Gasteiger partial charge in [0, 0.05) is 13.3 Å². The van der Waals surface area contributed by atoms with E-state index >= 15 is 0 Å². The maximum atomic E-state index is 5.01. The summed E-state index contributed by atoms with van der Waals surface area (Å²) in [5.74, 6) is 0. The minimum absolute atomic E-state index is 0.360. The summed E-state index contributed by atoms with van der Waals surface area (Å²) in [6.45, 7) is 0.720. The lowest BCUT2D eigenvalue weighted by Crippen LogP contribution is -2.00. The summed E-state index contributed by atoms with van der Waals surface area (Å²) in [6.07, 6.45) is 1.80. The van der Waals surface area contributed by atoms with Crippen LogP contribution >= 0.6 is 22.6 Å². The molecule has 1 aromatic rings. The first-order valence-electron chi connectivity index (χ1n) is 3.38. The summed E-state index contributed by atoms with van der Waals surface area (Å²) in [6, 6.07) is 5.92. The van der Waals surface area contributed by atoms with Crippen molar-refractivity contribution in [1.29, 1.82) is 0 Å². The summed E-state index contributed by atoms with van der Waals surface area (Å²) in [7, 11) is 1.70. The number of alkyl halides is 1. The molecule has 0 N–H and O–H groups in total. The quantitative estimate of drug-likeness (QED) is 0.616. The van der Waals surface area contributed by atoms with Crippen molar-refractivity contribution in [3.8, 4) is 0 Å². The van der Waals surface area contributed by atoms with Crippen molar-refractivity contribution < 1.29 is 4.74 Å². The molecular weight excluding hydrogens is 253 g/mol. The smallest absolute Gasteiger partial charge is 0.0765 e. The van der Waals surface area contributed by atoms with Crippen LogP contribution in [0.5, 0.6) is 0 Å². The van der Waals surface area contributed by atoms with Crippen molar-refractivity contribution >= 4 is 22.6 Å². The Morgan fingerprint density at radius 2 is 2.45 bits per heavy atom. The zero-order chi connectivity index (χ0) is 8.10. The first kappa shape index (κ1) is 8.93. The largest absolute Gasteiger partial charge is 0.383 e. The van der Waals surface area contributed by atoms with Crippen LogP contribution in [0.2, 0.25) is 0 Å². The van der Waals surface area contributed by atoms with Crippen molar-refractivity contribution in [3.05, 3.63) is 30.1 Å². The second-order valence-electron chi connectivity index (χ2n) is 2.18. The van der Waals surface area contributed by atoms with E-state index in [4.69, 9.17) is 4.74 Å². The van der Waals surface area contributed by atoms with Gasteiger partial charge in [-0.1, -0.05) is 28.7 Å². The lowest BCUT2D eigenvalue weighted by molar-refractivity contribution is 0.202. The van der Waals surface area contributed by atoms with E-state index in [1.165, 1.54) is 0 Å². The monoisotopic (exact) mass is 263 g/mol. The van der Waals surface area contributed by atoms with E-state index in [1.807, 2.05) is 18.2 Å². The lowest BCUT2D eigenvalue weighted by Gasteiger charge is -2.06. The van der Waals surface area contributed by atoms with E-state index in [0.717, 1.165) is 12.3 Å². The number of hydrogen-bond acceptors (Lipinski definition) is 2. The van der Waals surface area contributed by atoms with Crippen molar-refractivity contribution in [2.45, 2.75) is 3.92 Å². The van der Waals surface area contributed by atoms with Gasteiger partial charge in [-0.15, -0.1) is 0 Å². The Bertz CT molecular complexity index is 203. The molecule has 1 heterocycles. The van der Waals surface area contributed by atoms with Crippen LogP contribution in [0.25, 0.3) is 0 Å². The predicted octanol–water partition coefficient (Wildman–Crippen LogP) is 2.20. The molecule has 0 aliphatic carbocycles. The van der Waals surface area contributed by atoms with Gasteiger partial charge in [0.25, 0.3) is 0 Å². The lowest BCUT2D eigenvalue weighted by atomic mass is 10.3. The average Bonchev–Trinajstić information content (AvgIpc) is 2.07. The number of hydrogen-bond donors (Lipinski definition) is 0. The minimum atomic E-state index is 0.360. The van der Waals surface area contributed by atoms with E-state index in [-0.39, 0.29) is 0 Å².